The molecule has 0 saturated carbocycles. The average Bonchev–Trinajstić information content (AvgIpc) is 3.03. The quantitative estimate of drug-likeness (QED) is 0.349. The predicted octanol–water partition coefficient (Wildman–Crippen LogP) is 1.86. The van der Waals surface area contributed by atoms with Gasteiger partial charge in [0, 0.05) is 26.3 Å². The maximum Gasteiger partial charge on any atom is 0.191 e. The van der Waals surface area contributed by atoms with Crippen LogP contribution < -0.4 is 10.6 Å². The summed E-state index contributed by atoms with van der Waals surface area (Å²) in [6.07, 6.45) is 3.58. The number of rotatable bonds is 10. The van der Waals surface area contributed by atoms with Crippen molar-refractivity contribution in [3.05, 3.63) is 24.2 Å². The zero-order chi connectivity index (χ0) is 16.3. The van der Waals surface area contributed by atoms with E-state index in [1.807, 2.05) is 13.8 Å². The summed E-state index contributed by atoms with van der Waals surface area (Å²) < 4.78 is 10.6. The summed E-state index contributed by atoms with van der Waals surface area (Å²) in [5.74, 6) is 1.22. The van der Waals surface area contributed by atoms with Crippen molar-refractivity contribution < 1.29 is 14.3 Å². The smallest absolute Gasteiger partial charge is 0.191 e. The van der Waals surface area contributed by atoms with Crippen LogP contribution in [0, 0.1) is 0 Å². The zero-order valence-electron chi connectivity index (χ0n) is 13.9. The highest BCUT2D eigenvalue weighted by atomic mass is 16.5. The first-order valence-corrected chi connectivity index (χ1v) is 7.96. The summed E-state index contributed by atoms with van der Waals surface area (Å²) in [5.41, 5.74) is -1.11. The first kappa shape index (κ1) is 18.5. The molecule has 0 aromatic carbocycles. The fraction of sp³-hybridized carbons (Fsp3) is 0.688. The molecule has 22 heavy (non-hydrogen) atoms. The number of nitrogens with one attached hydrogen (secondary N) is 2. The van der Waals surface area contributed by atoms with E-state index in [9.17, 15) is 5.11 Å². The predicted molar refractivity (Wildman–Crippen MR) is 88.0 cm³/mol. The Bertz CT molecular complexity index is 416. The van der Waals surface area contributed by atoms with Crippen molar-refractivity contribution in [2.45, 2.75) is 39.2 Å². The van der Waals surface area contributed by atoms with Crippen LogP contribution in [-0.4, -0.2) is 43.9 Å². The van der Waals surface area contributed by atoms with Gasteiger partial charge in [0.2, 0.25) is 0 Å². The topological polar surface area (TPSA) is 79.0 Å². The minimum absolute atomic E-state index is 0.231. The molecule has 0 amide bonds. The van der Waals surface area contributed by atoms with E-state index in [0.29, 0.717) is 11.7 Å². The number of guanidine groups is 1. The lowest BCUT2D eigenvalue weighted by atomic mass is 10.0. The van der Waals surface area contributed by atoms with E-state index in [0.717, 1.165) is 39.1 Å². The van der Waals surface area contributed by atoms with E-state index in [4.69, 9.17) is 9.15 Å². The minimum Gasteiger partial charge on any atom is -0.466 e. The van der Waals surface area contributed by atoms with Gasteiger partial charge in [-0.1, -0.05) is 0 Å². The first-order chi connectivity index (χ1) is 10.6. The van der Waals surface area contributed by atoms with Gasteiger partial charge < -0.3 is 24.9 Å². The molecule has 3 N–H and O–H groups in total. The molecule has 0 aliphatic rings. The molecule has 1 aromatic heterocycles. The second-order valence-electron chi connectivity index (χ2n) is 5.28. The largest absolute Gasteiger partial charge is 0.466 e. The van der Waals surface area contributed by atoms with Gasteiger partial charge in [-0.2, -0.15) is 0 Å². The van der Waals surface area contributed by atoms with E-state index >= 15 is 0 Å². The Morgan fingerprint density at radius 3 is 2.82 bits per heavy atom. The SMILES string of the molecule is CCNC(=NCC(C)(O)c1ccco1)NCCCCOCC. The molecular weight excluding hydrogens is 282 g/mol. The van der Waals surface area contributed by atoms with Gasteiger partial charge >= 0.3 is 0 Å². The Hall–Kier alpha value is -1.53. The molecule has 0 aliphatic carbocycles. The van der Waals surface area contributed by atoms with Crippen LogP contribution >= 0.6 is 0 Å². The maximum absolute atomic E-state index is 10.4. The summed E-state index contributed by atoms with van der Waals surface area (Å²) >= 11 is 0. The third-order valence-electron chi connectivity index (χ3n) is 3.15. The summed E-state index contributed by atoms with van der Waals surface area (Å²) in [7, 11) is 0. The number of hydrogen-bond donors (Lipinski definition) is 3. The van der Waals surface area contributed by atoms with Gasteiger partial charge in [0.1, 0.15) is 11.4 Å². The van der Waals surface area contributed by atoms with Crippen molar-refractivity contribution in [2.75, 3.05) is 32.8 Å². The molecule has 0 saturated heterocycles. The molecule has 1 aromatic rings. The summed E-state index contributed by atoms with van der Waals surface area (Å²) in [4.78, 5) is 4.43. The Morgan fingerprint density at radius 1 is 1.36 bits per heavy atom. The normalized spacial score (nSPS) is 14.6. The van der Waals surface area contributed by atoms with Gasteiger partial charge in [-0.3, -0.25) is 0 Å². The summed E-state index contributed by atoms with van der Waals surface area (Å²) in [6.45, 7) is 9.08. The number of ether oxygens (including phenoxy) is 1. The molecule has 0 radical (unpaired) electrons. The van der Waals surface area contributed by atoms with Crippen molar-refractivity contribution in [3.8, 4) is 0 Å². The lowest BCUT2D eigenvalue weighted by Gasteiger charge is -2.19. The van der Waals surface area contributed by atoms with Crippen molar-refractivity contribution in [1.29, 1.82) is 0 Å². The van der Waals surface area contributed by atoms with E-state index in [1.54, 1.807) is 25.3 Å². The lowest BCUT2D eigenvalue weighted by Crippen LogP contribution is -2.39. The Labute approximate surface area is 133 Å². The fourth-order valence-electron chi connectivity index (χ4n) is 1.92. The number of aliphatic imine (C=N–C) groups is 1. The van der Waals surface area contributed by atoms with Crippen LogP contribution in [0.3, 0.4) is 0 Å². The highest BCUT2D eigenvalue weighted by molar-refractivity contribution is 5.79. The molecule has 6 nitrogen and oxygen atoms in total. The number of nitrogens with zero attached hydrogens (tertiary/aromatic N) is 1. The molecular formula is C16H29N3O3. The van der Waals surface area contributed by atoms with Crippen LogP contribution in [0.2, 0.25) is 0 Å². The number of furan rings is 1. The number of hydrogen-bond acceptors (Lipinski definition) is 4. The van der Waals surface area contributed by atoms with Gasteiger partial charge in [-0.05, 0) is 45.7 Å². The van der Waals surface area contributed by atoms with Gasteiger partial charge in [0.15, 0.2) is 5.96 Å². The van der Waals surface area contributed by atoms with Gasteiger partial charge in [0.25, 0.3) is 0 Å². The van der Waals surface area contributed by atoms with Crippen LogP contribution in [0.4, 0.5) is 0 Å². The van der Waals surface area contributed by atoms with E-state index in [1.165, 1.54) is 0 Å². The molecule has 1 atom stereocenters. The van der Waals surface area contributed by atoms with Crippen LogP contribution in [0.15, 0.2) is 27.8 Å². The zero-order valence-corrected chi connectivity index (χ0v) is 13.9. The van der Waals surface area contributed by atoms with Crippen molar-refractivity contribution >= 4 is 5.96 Å². The van der Waals surface area contributed by atoms with Crippen LogP contribution in [0.1, 0.15) is 39.4 Å². The average molecular weight is 311 g/mol. The van der Waals surface area contributed by atoms with Crippen LogP contribution in [0.5, 0.6) is 0 Å². The number of unbranched alkanes of at least 4 members (excludes halogenated alkanes) is 1. The molecule has 1 heterocycles. The molecule has 0 aliphatic heterocycles. The van der Waals surface area contributed by atoms with E-state index in [-0.39, 0.29) is 6.54 Å². The second-order valence-corrected chi connectivity index (χ2v) is 5.28. The Morgan fingerprint density at radius 2 is 2.18 bits per heavy atom. The molecule has 0 bridgehead atoms. The monoisotopic (exact) mass is 311 g/mol. The van der Waals surface area contributed by atoms with Gasteiger partial charge in [-0.25, -0.2) is 4.99 Å². The third-order valence-corrected chi connectivity index (χ3v) is 3.15. The van der Waals surface area contributed by atoms with Crippen molar-refractivity contribution in [1.82, 2.24) is 10.6 Å². The number of aliphatic hydroxyl groups is 1. The maximum atomic E-state index is 10.4. The highest BCUT2D eigenvalue weighted by Crippen LogP contribution is 2.20. The van der Waals surface area contributed by atoms with Crippen molar-refractivity contribution in [2.24, 2.45) is 4.99 Å². The van der Waals surface area contributed by atoms with Crippen LogP contribution in [-0.2, 0) is 10.3 Å². The highest BCUT2D eigenvalue weighted by Gasteiger charge is 2.25. The summed E-state index contributed by atoms with van der Waals surface area (Å²) in [6, 6.07) is 3.51. The molecule has 126 valence electrons. The fourth-order valence-corrected chi connectivity index (χ4v) is 1.92. The molecule has 1 unspecified atom stereocenters. The molecule has 6 heteroatoms. The standard InChI is InChI=1S/C16H29N3O3/c1-4-17-15(18-10-6-7-11-21-5-2)19-13-16(3,20)14-9-8-12-22-14/h8-9,12,20H,4-7,10-11,13H2,1-3H3,(H2,17,18,19). The van der Waals surface area contributed by atoms with Gasteiger partial charge in [0.05, 0.1) is 12.8 Å². The second kappa shape index (κ2) is 10.2. The minimum atomic E-state index is -1.11. The Kier molecular flexibility index (Phi) is 8.62. The van der Waals surface area contributed by atoms with Crippen molar-refractivity contribution in [3.63, 3.8) is 0 Å². The molecule has 0 spiro atoms. The van der Waals surface area contributed by atoms with Gasteiger partial charge in [-0.15, -0.1) is 0 Å². The molecule has 0 fully saturated rings. The first-order valence-electron chi connectivity index (χ1n) is 7.96. The lowest BCUT2D eigenvalue weighted by molar-refractivity contribution is 0.0437. The van der Waals surface area contributed by atoms with Crippen LogP contribution in [0.25, 0.3) is 0 Å². The molecule has 1 rings (SSSR count). The Balaban J connectivity index is 2.41. The summed E-state index contributed by atoms with van der Waals surface area (Å²) in [5, 5.41) is 16.8. The third kappa shape index (κ3) is 6.95. The van der Waals surface area contributed by atoms with E-state index in [2.05, 4.69) is 15.6 Å². The van der Waals surface area contributed by atoms with E-state index < -0.39 is 5.60 Å².